The predicted molar refractivity (Wildman–Crippen MR) is 66.9 cm³/mol. The Hall–Kier alpha value is -0.340. The van der Waals surface area contributed by atoms with Gasteiger partial charge in [-0.3, -0.25) is 0 Å². The number of nitrogens with two attached hydrogens (primary N) is 1. The summed E-state index contributed by atoms with van der Waals surface area (Å²) in [5, 5.41) is 3.66. The molecular formula is C13H26N2. The summed E-state index contributed by atoms with van der Waals surface area (Å²) in [6.45, 7) is 3.03. The molecule has 15 heavy (non-hydrogen) atoms. The Bertz CT molecular complexity index is 169. The SMILES string of the molecule is CCCCCCC(CN)NC1CC=CC1. The molecule has 0 amide bonds. The van der Waals surface area contributed by atoms with Crippen molar-refractivity contribution in [2.45, 2.75) is 64.0 Å². The van der Waals surface area contributed by atoms with Crippen LogP contribution in [0.25, 0.3) is 0 Å². The average Bonchev–Trinajstić information content (AvgIpc) is 2.75. The first-order valence-electron chi connectivity index (χ1n) is 6.48. The van der Waals surface area contributed by atoms with Crippen LogP contribution < -0.4 is 11.1 Å². The van der Waals surface area contributed by atoms with Crippen molar-refractivity contribution in [2.75, 3.05) is 6.54 Å². The smallest absolute Gasteiger partial charge is 0.0193 e. The Kier molecular flexibility index (Phi) is 6.69. The molecule has 0 aromatic rings. The van der Waals surface area contributed by atoms with Crippen molar-refractivity contribution in [2.24, 2.45) is 5.73 Å². The van der Waals surface area contributed by atoms with E-state index in [1.807, 2.05) is 0 Å². The van der Waals surface area contributed by atoms with Gasteiger partial charge in [-0.25, -0.2) is 0 Å². The summed E-state index contributed by atoms with van der Waals surface area (Å²) >= 11 is 0. The fourth-order valence-corrected chi connectivity index (χ4v) is 2.17. The van der Waals surface area contributed by atoms with Crippen molar-refractivity contribution in [3.8, 4) is 0 Å². The van der Waals surface area contributed by atoms with E-state index in [-0.39, 0.29) is 0 Å². The van der Waals surface area contributed by atoms with Crippen LogP contribution in [-0.2, 0) is 0 Å². The highest BCUT2D eigenvalue weighted by molar-refractivity contribution is 4.98. The number of hydrogen-bond donors (Lipinski definition) is 2. The molecule has 1 rings (SSSR count). The van der Waals surface area contributed by atoms with Crippen LogP contribution in [0.1, 0.15) is 51.9 Å². The van der Waals surface area contributed by atoms with E-state index in [2.05, 4.69) is 24.4 Å². The molecule has 1 aliphatic carbocycles. The molecule has 0 saturated heterocycles. The Labute approximate surface area is 94.3 Å². The quantitative estimate of drug-likeness (QED) is 0.477. The number of rotatable bonds is 8. The van der Waals surface area contributed by atoms with Crippen molar-refractivity contribution in [1.82, 2.24) is 5.32 Å². The maximum atomic E-state index is 5.78. The molecule has 0 fully saturated rings. The summed E-state index contributed by atoms with van der Waals surface area (Å²) in [6, 6.07) is 1.19. The van der Waals surface area contributed by atoms with Crippen molar-refractivity contribution < 1.29 is 0 Å². The van der Waals surface area contributed by atoms with E-state index in [1.54, 1.807) is 0 Å². The van der Waals surface area contributed by atoms with Gasteiger partial charge in [0.15, 0.2) is 0 Å². The Morgan fingerprint density at radius 2 is 2.00 bits per heavy atom. The zero-order valence-electron chi connectivity index (χ0n) is 10.0. The lowest BCUT2D eigenvalue weighted by molar-refractivity contribution is 0.408. The van der Waals surface area contributed by atoms with Gasteiger partial charge >= 0.3 is 0 Å². The summed E-state index contributed by atoms with van der Waals surface area (Å²) in [5.41, 5.74) is 5.78. The molecule has 2 nitrogen and oxygen atoms in total. The second kappa shape index (κ2) is 7.89. The van der Waals surface area contributed by atoms with Crippen molar-refractivity contribution in [1.29, 1.82) is 0 Å². The molecular weight excluding hydrogens is 184 g/mol. The minimum absolute atomic E-state index is 0.534. The largest absolute Gasteiger partial charge is 0.329 e. The molecule has 0 heterocycles. The first kappa shape index (κ1) is 12.7. The van der Waals surface area contributed by atoms with Crippen molar-refractivity contribution in [3.05, 3.63) is 12.2 Å². The molecule has 0 radical (unpaired) electrons. The third-order valence-electron chi connectivity index (χ3n) is 3.17. The lowest BCUT2D eigenvalue weighted by atomic mass is 10.1. The monoisotopic (exact) mass is 210 g/mol. The van der Waals surface area contributed by atoms with Gasteiger partial charge in [0.1, 0.15) is 0 Å². The van der Waals surface area contributed by atoms with Crippen LogP contribution >= 0.6 is 0 Å². The van der Waals surface area contributed by atoms with Gasteiger partial charge < -0.3 is 11.1 Å². The van der Waals surface area contributed by atoms with E-state index in [1.165, 1.54) is 44.9 Å². The topological polar surface area (TPSA) is 38.0 Å². The Morgan fingerprint density at radius 3 is 2.60 bits per heavy atom. The summed E-state index contributed by atoms with van der Waals surface area (Å²) in [7, 11) is 0. The molecule has 3 N–H and O–H groups in total. The van der Waals surface area contributed by atoms with E-state index < -0.39 is 0 Å². The zero-order valence-corrected chi connectivity index (χ0v) is 10.0. The first-order valence-corrected chi connectivity index (χ1v) is 6.48. The maximum Gasteiger partial charge on any atom is 0.0193 e. The maximum absolute atomic E-state index is 5.78. The molecule has 0 saturated carbocycles. The van der Waals surface area contributed by atoms with Gasteiger partial charge in [-0.05, 0) is 19.3 Å². The van der Waals surface area contributed by atoms with Crippen LogP contribution in [0.4, 0.5) is 0 Å². The summed E-state index contributed by atoms with van der Waals surface area (Å²) in [6.07, 6.45) is 13.5. The summed E-state index contributed by atoms with van der Waals surface area (Å²) in [4.78, 5) is 0. The van der Waals surface area contributed by atoms with Crippen LogP contribution in [0.15, 0.2) is 12.2 Å². The number of hydrogen-bond acceptors (Lipinski definition) is 2. The summed E-state index contributed by atoms with van der Waals surface area (Å²) in [5.74, 6) is 0. The Balaban J connectivity index is 2.06. The molecule has 0 spiro atoms. The van der Waals surface area contributed by atoms with E-state index in [0.717, 1.165) is 6.54 Å². The highest BCUT2D eigenvalue weighted by Crippen LogP contribution is 2.12. The van der Waals surface area contributed by atoms with Gasteiger partial charge in [0.25, 0.3) is 0 Å². The minimum Gasteiger partial charge on any atom is -0.329 e. The predicted octanol–water partition coefficient (Wildman–Crippen LogP) is 2.59. The van der Waals surface area contributed by atoms with E-state index in [4.69, 9.17) is 5.73 Å². The molecule has 2 heteroatoms. The van der Waals surface area contributed by atoms with Crippen molar-refractivity contribution in [3.63, 3.8) is 0 Å². The standard InChI is InChI=1S/C13H26N2/c1-2-3-4-5-10-13(11-14)15-12-8-6-7-9-12/h6-7,12-13,15H,2-5,8-11,14H2,1H3. The molecule has 0 aromatic carbocycles. The van der Waals surface area contributed by atoms with E-state index >= 15 is 0 Å². The molecule has 0 aromatic heterocycles. The lowest BCUT2D eigenvalue weighted by Crippen LogP contribution is -2.41. The highest BCUT2D eigenvalue weighted by Gasteiger charge is 2.14. The number of unbranched alkanes of at least 4 members (excludes halogenated alkanes) is 3. The van der Waals surface area contributed by atoms with Crippen LogP contribution in [0.2, 0.25) is 0 Å². The van der Waals surface area contributed by atoms with E-state index in [9.17, 15) is 0 Å². The van der Waals surface area contributed by atoms with Gasteiger partial charge in [0.2, 0.25) is 0 Å². The van der Waals surface area contributed by atoms with Crippen LogP contribution in [-0.4, -0.2) is 18.6 Å². The average molecular weight is 210 g/mol. The molecule has 1 aliphatic rings. The zero-order chi connectivity index (χ0) is 10.9. The third-order valence-corrected chi connectivity index (χ3v) is 3.17. The normalized spacial score (nSPS) is 18.5. The van der Waals surface area contributed by atoms with Gasteiger partial charge in [-0.2, -0.15) is 0 Å². The molecule has 0 bridgehead atoms. The van der Waals surface area contributed by atoms with Crippen LogP contribution in [0, 0.1) is 0 Å². The molecule has 1 unspecified atom stereocenters. The van der Waals surface area contributed by atoms with Gasteiger partial charge in [0.05, 0.1) is 0 Å². The molecule has 88 valence electrons. The first-order chi connectivity index (χ1) is 7.36. The molecule has 1 atom stereocenters. The second-order valence-corrected chi connectivity index (χ2v) is 4.59. The van der Waals surface area contributed by atoms with Crippen molar-refractivity contribution >= 4 is 0 Å². The van der Waals surface area contributed by atoms with Gasteiger partial charge in [0, 0.05) is 18.6 Å². The number of nitrogens with one attached hydrogen (secondary N) is 1. The third kappa shape index (κ3) is 5.33. The van der Waals surface area contributed by atoms with Crippen LogP contribution in [0.5, 0.6) is 0 Å². The summed E-state index contributed by atoms with van der Waals surface area (Å²) < 4.78 is 0. The van der Waals surface area contributed by atoms with Gasteiger partial charge in [-0.15, -0.1) is 0 Å². The van der Waals surface area contributed by atoms with Crippen LogP contribution in [0.3, 0.4) is 0 Å². The minimum atomic E-state index is 0.534. The van der Waals surface area contributed by atoms with Gasteiger partial charge in [-0.1, -0.05) is 44.8 Å². The molecule has 0 aliphatic heterocycles. The highest BCUT2D eigenvalue weighted by atomic mass is 15.0. The lowest BCUT2D eigenvalue weighted by Gasteiger charge is -2.21. The second-order valence-electron chi connectivity index (χ2n) is 4.59. The fraction of sp³-hybridized carbons (Fsp3) is 0.846. The van der Waals surface area contributed by atoms with E-state index in [0.29, 0.717) is 12.1 Å². The fourth-order valence-electron chi connectivity index (χ4n) is 2.17. The Morgan fingerprint density at radius 1 is 1.27 bits per heavy atom.